The second-order valence-electron chi connectivity index (χ2n) is 9.11. The van der Waals surface area contributed by atoms with E-state index in [1.54, 1.807) is 0 Å². The van der Waals surface area contributed by atoms with E-state index in [-0.39, 0.29) is 17.6 Å². The van der Waals surface area contributed by atoms with E-state index < -0.39 is 0 Å². The zero-order valence-electron chi connectivity index (χ0n) is 20.1. The van der Waals surface area contributed by atoms with Gasteiger partial charge in [-0.25, -0.2) is 4.98 Å². The molecule has 1 atom stereocenters. The first-order chi connectivity index (χ1) is 17.1. The summed E-state index contributed by atoms with van der Waals surface area (Å²) in [5, 5.41) is 9.11. The molecule has 1 aliphatic heterocycles. The quantitative estimate of drug-likeness (QED) is 0.412. The second-order valence-corrected chi connectivity index (χ2v) is 9.11. The maximum atomic E-state index is 14.1. The summed E-state index contributed by atoms with van der Waals surface area (Å²) >= 11 is 0. The molecule has 174 valence electrons. The van der Waals surface area contributed by atoms with Gasteiger partial charge in [0, 0.05) is 25.6 Å². The molecule has 35 heavy (non-hydrogen) atoms. The molecule has 1 aliphatic rings. The van der Waals surface area contributed by atoms with Crippen LogP contribution in [0.4, 0.5) is 0 Å². The molecule has 5 rings (SSSR count). The van der Waals surface area contributed by atoms with Crippen molar-refractivity contribution >= 4 is 0 Å². The molecule has 0 radical (unpaired) electrons. The van der Waals surface area contributed by atoms with Crippen LogP contribution in [0.2, 0.25) is 0 Å². The van der Waals surface area contributed by atoms with Crippen molar-refractivity contribution in [1.29, 1.82) is 5.26 Å². The van der Waals surface area contributed by atoms with E-state index in [1.165, 1.54) is 0 Å². The van der Waals surface area contributed by atoms with Crippen LogP contribution in [0.3, 0.4) is 0 Å². The van der Waals surface area contributed by atoms with Crippen molar-refractivity contribution in [3.8, 4) is 6.07 Å². The molecule has 4 aromatic rings. The Morgan fingerprint density at radius 3 is 2.06 bits per heavy atom. The summed E-state index contributed by atoms with van der Waals surface area (Å²) in [7, 11) is 0. The summed E-state index contributed by atoms with van der Waals surface area (Å²) in [5.74, 6) is 0.736. The number of benzene rings is 3. The molecule has 2 heterocycles. The van der Waals surface area contributed by atoms with Gasteiger partial charge >= 0.3 is 0 Å². The van der Waals surface area contributed by atoms with Gasteiger partial charge in [-0.1, -0.05) is 72.8 Å². The molecular formula is C30H28N4O. The van der Waals surface area contributed by atoms with E-state index in [1.807, 2.05) is 72.2 Å². The lowest BCUT2D eigenvalue weighted by Gasteiger charge is -2.34. The molecule has 0 spiro atoms. The van der Waals surface area contributed by atoms with Gasteiger partial charge in [0.05, 0.1) is 28.9 Å². The van der Waals surface area contributed by atoms with Crippen molar-refractivity contribution in [2.45, 2.75) is 38.9 Å². The molecule has 5 nitrogen and oxygen atoms in total. The SMILES string of the molecule is Cc1nc2c(c(=O)n1C(c1ccccc1)c1ccccc1)CN([C@H](C)c1ccc(C#N)cc1)CC2. The van der Waals surface area contributed by atoms with Crippen molar-refractivity contribution in [3.05, 3.63) is 135 Å². The van der Waals surface area contributed by atoms with Crippen LogP contribution >= 0.6 is 0 Å². The van der Waals surface area contributed by atoms with Crippen LogP contribution < -0.4 is 5.56 Å². The van der Waals surface area contributed by atoms with Gasteiger partial charge in [-0.2, -0.15) is 5.26 Å². The number of fused-ring (bicyclic) bond motifs is 1. The van der Waals surface area contributed by atoms with Crippen LogP contribution in [-0.2, 0) is 13.0 Å². The first kappa shape index (κ1) is 22.8. The maximum Gasteiger partial charge on any atom is 0.259 e. The fraction of sp³-hybridized carbons (Fsp3) is 0.233. The third kappa shape index (κ3) is 4.41. The summed E-state index contributed by atoms with van der Waals surface area (Å²) < 4.78 is 1.86. The van der Waals surface area contributed by atoms with Gasteiger partial charge in [-0.3, -0.25) is 14.3 Å². The number of nitriles is 1. The van der Waals surface area contributed by atoms with E-state index in [9.17, 15) is 4.79 Å². The van der Waals surface area contributed by atoms with E-state index in [4.69, 9.17) is 10.2 Å². The van der Waals surface area contributed by atoms with Gasteiger partial charge in [0.15, 0.2) is 0 Å². The van der Waals surface area contributed by atoms with Crippen LogP contribution in [0.15, 0.2) is 89.7 Å². The molecular weight excluding hydrogens is 432 g/mol. The van der Waals surface area contributed by atoms with Crippen molar-refractivity contribution < 1.29 is 0 Å². The largest absolute Gasteiger partial charge is 0.292 e. The monoisotopic (exact) mass is 460 g/mol. The molecule has 0 saturated heterocycles. The Morgan fingerprint density at radius 1 is 0.886 bits per heavy atom. The van der Waals surface area contributed by atoms with Gasteiger partial charge in [-0.15, -0.1) is 0 Å². The molecule has 0 fully saturated rings. The smallest absolute Gasteiger partial charge is 0.259 e. The highest BCUT2D eigenvalue weighted by molar-refractivity contribution is 5.36. The van der Waals surface area contributed by atoms with Crippen LogP contribution in [0.25, 0.3) is 0 Å². The number of hydrogen-bond donors (Lipinski definition) is 0. The van der Waals surface area contributed by atoms with Crippen molar-refractivity contribution in [3.63, 3.8) is 0 Å². The topological polar surface area (TPSA) is 61.9 Å². The lowest BCUT2D eigenvalue weighted by atomic mass is 9.97. The molecule has 0 bridgehead atoms. The van der Waals surface area contributed by atoms with Crippen LogP contribution in [0, 0.1) is 18.3 Å². The van der Waals surface area contributed by atoms with E-state index in [0.717, 1.165) is 46.7 Å². The lowest BCUT2D eigenvalue weighted by molar-refractivity contribution is 0.188. The zero-order chi connectivity index (χ0) is 24.4. The number of nitrogens with zero attached hydrogens (tertiary/aromatic N) is 4. The Kier molecular flexibility index (Phi) is 6.31. The van der Waals surface area contributed by atoms with Gasteiger partial charge in [0.1, 0.15) is 5.82 Å². The zero-order valence-corrected chi connectivity index (χ0v) is 20.1. The Labute approximate surface area is 205 Å². The van der Waals surface area contributed by atoms with Gasteiger partial charge in [-0.05, 0) is 42.7 Å². The van der Waals surface area contributed by atoms with E-state index >= 15 is 0 Å². The van der Waals surface area contributed by atoms with Crippen molar-refractivity contribution in [2.75, 3.05) is 6.54 Å². The molecule has 0 amide bonds. The van der Waals surface area contributed by atoms with E-state index in [2.05, 4.69) is 42.2 Å². The third-order valence-corrected chi connectivity index (χ3v) is 7.03. The molecule has 5 heteroatoms. The highest BCUT2D eigenvalue weighted by Crippen LogP contribution is 2.29. The average molecular weight is 461 g/mol. The fourth-order valence-corrected chi connectivity index (χ4v) is 5.07. The lowest BCUT2D eigenvalue weighted by Crippen LogP contribution is -2.41. The fourth-order valence-electron chi connectivity index (χ4n) is 5.07. The maximum absolute atomic E-state index is 14.1. The third-order valence-electron chi connectivity index (χ3n) is 7.03. The summed E-state index contributed by atoms with van der Waals surface area (Å²) in [6.07, 6.45) is 0.744. The minimum Gasteiger partial charge on any atom is -0.292 e. The second kappa shape index (κ2) is 9.69. The van der Waals surface area contributed by atoms with E-state index in [0.29, 0.717) is 12.1 Å². The van der Waals surface area contributed by atoms with Gasteiger partial charge < -0.3 is 0 Å². The molecule has 0 aliphatic carbocycles. The molecule has 1 aromatic heterocycles. The standard InChI is InChI=1S/C30H28N4O/c1-21(24-15-13-23(19-31)14-16-24)33-18-17-28-27(20-33)30(35)34(22(2)32-28)29(25-9-5-3-6-10-25)26-11-7-4-8-12-26/h3-16,21,29H,17-18,20H2,1-2H3/t21-/m1/s1. The van der Waals surface area contributed by atoms with Crippen LogP contribution in [0.5, 0.6) is 0 Å². The van der Waals surface area contributed by atoms with Gasteiger partial charge in [0.2, 0.25) is 0 Å². The summed E-state index contributed by atoms with van der Waals surface area (Å²) in [6, 6.07) is 30.1. The predicted molar refractivity (Wildman–Crippen MR) is 137 cm³/mol. The summed E-state index contributed by atoms with van der Waals surface area (Å²) in [5.41, 5.74) is 5.63. The summed E-state index contributed by atoms with van der Waals surface area (Å²) in [4.78, 5) is 21.3. The Morgan fingerprint density at radius 2 is 1.49 bits per heavy atom. The first-order valence-corrected chi connectivity index (χ1v) is 12.0. The number of aryl methyl sites for hydroxylation is 1. The van der Waals surface area contributed by atoms with Gasteiger partial charge in [0.25, 0.3) is 5.56 Å². The minimum absolute atomic E-state index is 0.0296. The first-order valence-electron chi connectivity index (χ1n) is 12.0. The normalized spacial score (nSPS) is 14.3. The summed E-state index contributed by atoms with van der Waals surface area (Å²) in [6.45, 7) is 5.49. The minimum atomic E-state index is -0.242. The highest BCUT2D eigenvalue weighted by atomic mass is 16.1. The van der Waals surface area contributed by atoms with Crippen molar-refractivity contribution in [2.24, 2.45) is 0 Å². The Balaban J connectivity index is 1.56. The predicted octanol–water partition coefficient (Wildman–Crippen LogP) is 5.18. The molecule has 0 unspecified atom stereocenters. The Hall–Kier alpha value is -4.01. The number of rotatable bonds is 5. The molecule has 3 aromatic carbocycles. The Bertz CT molecular complexity index is 1380. The van der Waals surface area contributed by atoms with Crippen LogP contribution in [-0.4, -0.2) is 21.0 Å². The number of hydrogen-bond acceptors (Lipinski definition) is 4. The molecule has 0 saturated carbocycles. The highest BCUT2D eigenvalue weighted by Gasteiger charge is 2.29. The number of aromatic nitrogens is 2. The molecule has 0 N–H and O–H groups in total. The average Bonchev–Trinajstić information content (AvgIpc) is 2.91. The van der Waals surface area contributed by atoms with Crippen LogP contribution in [0.1, 0.15) is 58.3 Å². The van der Waals surface area contributed by atoms with Crippen molar-refractivity contribution in [1.82, 2.24) is 14.5 Å².